The Morgan fingerprint density at radius 3 is 3.00 bits per heavy atom. The summed E-state index contributed by atoms with van der Waals surface area (Å²) in [5, 5.41) is 9.08. The van der Waals surface area contributed by atoms with E-state index in [1.165, 1.54) is 11.3 Å². The Balaban J connectivity index is 2.04. The van der Waals surface area contributed by atoms with Crippen molar-refractivity contribution in [3.05, 3.63) is 40.4 Å². The van der Waals surface area contributed by atoms with Gasteiger partial charge in [-0.1, -0.05) is 24.6 Å². The lowest BCUT2D eigenvalue weighted by Gasteiger charge is -2.09. The van der Waals surface area contributed by atoms with Gasteiger partial charge in [-0.05, 0) is 31.5 Å². The van der Waals surface area contributed by atoms with Gasteiger partial charge in [0.2, 0.25) is 0 Å². The number of benzene rings is 1. The fraction of sp³-hybridized carbons (Fsp3) is 0.286. The minimum Gasteiger partial charge on any atom is -0.348 e. The van der Waals surface area contributed by atoms with Crippen molar-refractivity contribution in [1.29, 1.82) is 0 Å². The van der Waals surface area contributed by atoms with Crippen LogP contribution in [0.2, 0.25) is 5.02 Å². The number of aromatic nitrogens is 1. The minimum atomic E-state index is -0.144. The summed E-state index contributed by atoms with van der Waals surface area (Å²) < 4.78 is 0. The predicted octanol–water partition coefficient (Wildman–Crippen LogP) is 4.07. The highest BCUT2D eigenvalue weighted by molar-refractivity contribution is 7.14. The third kappa shape index (κ3) is 3.95. The number of rotatable bonds is 5. The van der Waals surface area contributed by atoms with E-state index in [0.717, 1.165) is 12.1 Å². The van der Waals surface area contributed by atoms with E-state index in [4.69, 9.17) is 11.6 Å². The molecule has 1 aromatic carbocycles. The first-order chi connectivity index (χ1) is 9.58. The molecule has 2 rings (SSSR count). The first-order valence-electron chi connectivity index (χ1n) is 6.37. The van der Waals surface area contributed by atoms with Crippen LogP contribution in [-0.4, -0.2) is 16.9 Å². The van der Waals surface area contributed by atoms with Crippen molar-refractivity contribution in [3.63, 3.8) is 0 Å². The van der Waals surface area contributed by atoms with E-state index in [2.05, 4.69) is 15.6 Å². The highest BCUT2D eigenvalue weighted by Crippen LogP contribution is 2.23. The van der Waals surface area contributed by atoms with Gasteiger partial charge in [-0.25, -0.2) is 4.98 Å². The summed E-state index contributed by atoms with van der Waals surface area (Å²) in [6, 6.07) is 7.51. The molecule has 2 N–H and O–H groups in total. The summed E-state index contributed by atoms with van der Waals surface area (Å²) >= 11 is 7.31. The fourth-order valence-electron chi connectivity index (χ4n) is 1.52. The van der Waals surface area contributed by atoms with Crippen LogP contribution >= 0.6 is 22.9 Å². The molecule has 6 heteroatoms. The number of hydrogen-bond donors (Lipinski definition) is 2. The van der Waals surface area contributed by atoms with E-state index < -0.39 is 0 Å². The zero-order valence-electron chi connectivity index (χ0n) is 11.3. The molecule has 1 atom stereocenters. The molecule has 0 fully saturated rings. The third-order valence-corrected chi connectivity index (χ3v) is 3.80. The highest BCUT2D eigenvalue weighted by atomic mass is 35.5. The minimum absolute atomic E-state index is 0.144. The van der Waals surface area contributed by atoms with Crippen LogP contribution in [0.4, 0.5) is 10.8 Å². The van der Waals surface area contributed by atoms with E-state index in [-0.39, 0.29) is 11.9 Å². The lowest BCUT2D eigenvalue weighted by molar-refractivity contribution is 0.0935. The van der Waals surface area contributed by atoms with E-state index in [0.29, 0.717) is 15.8 Å². The Morgan fingerprint density at radius 2 is 2.30 bits per heavy atom. The maximum absolute atomic E-state index is 11.9. The maximum atomic E-state index is 11.9. The zero-order valence-corrected chi connectivity index (χ0v) is 12.9. The first kappa shape index (κ1) is 14.8. The largest absolute Gasteiger partial charge is 0.348 e. The topological polar surface area (TPSA) is 54.0 Å². The fourth-order valence-corrected chi connectivity index (χ4v) is 2.43. The molecule has 106 valence electrons. The van der Waals surface area contributed by atoms with Crippen molar-refractivity contribution in [1.82, 2.24) is 10.3 Å². The third-order valence-electron chi connectivity index (χ3n) is 2.80. The van der Waals surface area contributed by atoms with Crippen LogP contribution in [0, 0.1) is 0 Å². The second-order valence-electron chi connectivity index (χ2n) is 4.46. The second kappa shape index (κ2) is 6.72. The van der Waals surface area contributed by atoms with Crippen molar-refractivity contribution in [2.45, 2.75) is 26.3 Å². The SMILES string of the molecule is CCC(C)NC(=O)c1csc(Nc2cccc(Cl)c2)n1. The van der Waals surface area contributed by atoms with Crippen molar-refractivity contribution in [2.24, 2.45) is 0 Å². The van der Waals surface area contributed by atoms with E-state index in [9.17, 15) is 4.79 Å². The van der Waals surface area contributed by atoms with Crippen molar-refractivity contribution in [2.75, 3.05) is 5.32 Å². The molecule has 1 heterocycles. The lowest BCUT2D eigenvalue weighted by atomic mass is 10.2. The normalized spacial score (nSPS) is 11.9. The monoisotopic (exact) mass is 309 g/mol. The summed E-state index contributed by atoms with van der Waals surface area (Å²) in [5.41, 5.74) is 1.28. The standard InChI is InChI=1S/C14H16ClN3OS/c1-3-9(2)16-13(19)12-8-20-14(18-12)17-11-6-4-5-10(15)7-11/h4-9H,3H2,1-2H3,(H,16,19)(H,17,18). The van der Waals surface area contributed by atoms with Crippen LogP contribution in [0.5, 0.6) is 0 Å². The van der Waals surface area contributed by atoms with Gasteiger partial charge in [0.25, 0.3) is 5.91 Å². The highest BCUT2D eigenvalue weighted by Gasteiger charge is 2.12. The summed E-state index contributed by atoms with van der Waals surface area (Å²) in [6.07, 6.45) is 0.892. The van der Waals surface area contributed by atoms with Crippen LogP contribution in [0.15, 0.2) is 29.6 Å². The van der Waals surface area contributed by atoms with Gasteiger partial charge >= 0.3 is 0 Å². The van der Waals surface area contributed by atoms with Crippen molar-refractivity contribution in [3.8, 4) is 0 Å². The molecule has 0 saturated heterocycles. The number of nitrogens with zero attached hydrogens (tertiary/aromatic N) is 1. The molecule has 1 unspecified atom stereocenters. The van der Waals surface area contributed by atoms with Crippen LogP contribution < -0.4 is 10.6 Å². The lowest BCUT2D eigenvalue weighted by Crippen LogP contribution is -2.32. The summed E-state index contributed by atoms with van der Waals surface area (Å²) in [5.74, 6) is -0.144. The molecule has 0 radical (unpaired) electrons. The van der Waals surface area contributed by atoms with Gasteiger partial charge < -0.3 is 10.6 Å². The number of halogens is 1. The molecule has 0 bridgehead atoms. The van der Waals surface area contributed by atoms with E-state index in [1.54, 1.807) is 11.4 Å². The number of anilines is 2. The van der Waals surface area contributed by atoms with E-state index >= 15 is 0 Å². The first-order valence-corrected chi connectivity index (χ1v) is 7.63. The zero-order chi connectivity index (χ0) is 14.5. The Labute approximate surface area is 127 Å². The smallest absolute Gasteiger partial charge is 0.271 e. The van der Waals surface area contributed by atoms with Gasteiger partial charge in [-0.2, -0.15) is 0 Å². The number of amides is 1. The molecule has 2 aromatic rings. The summed E-state index contributed by atoms with van der Waals surface area (Å²) in [4.78, 5) is 16.2. The molecule has 0 spiro atoms. The van der Waals surface area contributed by atoms with Crippen LogP contribution in [-0.2, 0) is 0 Å². The molecular weight excluding hydrogens is 294 g/mol. The van der Waals surface area contributed by atoms with Gasteiger partial charge in [0.1, 0.15) is 5.69 Å². The van der Waals surface area contributed by atoms with Crippen LogP contribution in [0.1, 0.15) is 30.8 Å². The summed E-state index contributed by atoms with van der Waals surface area (Å²) in [6.45, 7) is 3.99. The Bertz CT molecular complexity index is 600. The molecule has 0 aliphatic carbocycles. The molecule has 1 amide bonds. The van der Waals surface area contributed by atoms with Gasteiger partial charge in [0.15, 0.2) is 5.13 Å². The molecule has 0 saturated carbocycles. The Kier molecular flexibility index (Phi) is 4.98. The second-order valence-corrected chi connectivity index (χ2v) is 5.75. The molecule has 4 nitrogen and oxygen atoms in total. The van der Waals surface area contributed by atoms with Crippen molar-refractivity contribution >= 4 is 39.7 Å². The number of carbonyl (C=O) groups is 1. The van der Waals surface area contributed by atoms with Gasteiger partial charge in [0.05, 0.1) is 0 Å². The Hall–Kier alpha value is -1.59. The van der Waals surface area contributed by atoms with Gasteiger partial charge in [-0.15, -0.1) is 11.3 Å². The Morgan fingerprint density at radius 1 is 1.50 bits per heavy atom. The summed E-state index contributed by atoms with van der Waals surface area (Å²) in [7, 11) is 0. The number of nitrogens with one attached hydrogen (secondary N) is 2. The van der Waals surface area contributed by atoms with Crippen LogP contribution in [0.25, 0.3) is 0 Å². The number of hydrogen-bond acceptors (Lipinski definition) is 4. The van der Waals surface area contributed by atoms with E-state index in [1.807, 2.05) is 32.0 Å². The molecule has 0 aliphatic heterocycles. The molecule has 20 heavy (non-hydrogen) atoms. The number of carbonyl (C=O) groups excluding carboxylic acids is 1. The van der Waals surface area contributed by atoms with Crippen LogP contribution in [0.3, 0.4) is 0 Å². The molecule has 1 aromatic heterocycles. The van der Waals surface area contributed by atoms with Gasteiger partial charge in [-0.3, -0.25) is 4.79 Å². The van der Waals surface area contributed by atoms with Gasteiger partial charge in [0, 0.05) is 22.1 Å². The molecular formula is C14H16ClN3OS. The molecule has 0 aliphatic rings. The van der Waals surface area contributed by atoms with Crippen molar-refractivity contribution < 1.29 is 4.79 Å². The average molecular weight is 310 g/mol. The average Bonchev–Trinajstić information content (AvgIpc) is 2.87. The quantitative estimate of drug-likeness (QED) is 0.875. The predicted molar refractivity (Wildman–Crippen MR) is 84.1 cm³/mol. The maximum Gasteiger partial charge on any atom is 0.271 e. The number of thiazole rings is 1.